The second-order valence-corrected chi connectivity index (χ2v) is 5.53. The average Bonchev–Trinajstić information content (AvgIpc) is 2.86. The highest BCUT2D eigenvalue weighted by Crippen LogP contribution is 2.15. The van der Waals surface area contributed by atoms with E-state index in [4.69, 9.17) is 4.74 Å². The molecule has 0 aliphatic carbocycles. The van der Waals surface area contributed by atoms with Gasteiger partial charge in [-0.15, -0.1) is 0 Å². The molecule has 0 bridgehead atoms. The van der Waals surface area contributed by atoms with Crippen molar-refractivity contribution in [2.45, 2.75) is 32.4 Å². The Balaban J connectivity index is 1.86. The third-order valence-corrected chi connectivity index (χ3v) is 3.61. The van der Waals surface area contributed by atoms with Gasteiger partial charge >= 0.3 is 6.03 Å². The lowest BCUT2D eigenvalue weighted by molar-refractivity contribution is -0.127. The fourth-order valence-corrected chi connectivity index (χ4v) is 2.58. The molecule has 0 spiro atoms. The minimum atomic E-state index is -0.275. The van der Waals surface area contributed by atoms with Crippen LogP contribution in [0, 0.1) is 0 Å². The number of rotatable bonds is 6. The molecule has 0 aromatic heterocycles. The fourth-order valence-electron chi connectivity index (χ4n) is 2.58. The van der Waals surface area contributed by atoms with E-state index in [9.17, 15) is 9.59 Å². The molecule has 0 unspecified atom stereocenters. The number of hydrogen-bond donors (Lipinski definition) is 2. The third kappa shape index (κ3) is 4.46. The lowest BCUT2D eigenvalue weighted by atomic mass is 10.2. The maximum absolute atomic E-state index is 12.1. The van der Waals surface area contributed by atoms with Crippen LogP contribution in [0.25, 0.3) is 0 Å². The van der Waals surface area contributed by atoms with E-state index < -0.39 is 0 Å². The number of carbonyl (C=O) groups excluding carboxylic acids is 2. The maximum Gasteiger partial charge on any atom is 0.319 e. The fraction of sp³-hybridized carbons (Fsp3) is 0.500. The molecule has 3 amide bonds. The van der Waals surface area contributed by atoms with Crippen LogP contribution in [0.3, 0.4) is 0 Å². The van der Waals surface area contributed by atoms with Crippen molar-refractivity contribution in [3.63, 3.8) is 0 Å². The number of methoxy groups -OCH3 is 1. The zero-order valence-electron chi connectivity index (χ0n) is 13.1. The lowest BCUT2D eigenvalue weighted by Crippen LogP contribution is -2.44. The number of amides is 3. The summed E-state index contributed by atoms with van der Waals surface area (Å²) in [4.78, 5) is 25.5. The van der Waals surface area contributed by atoms with Crippen LogP contribution in [0.2, 0.25) is 0 Å². The number of ether oxygens (including phenoxy) is 1. The zero-order chi connectivity index (χ0) is 15.9. The molecule has 1 atom stereocenters. The monoisotopic (exact) mass is 305 g/mol. The van der Waals surface area contributed by atoms with Gasteiger partial charge in [0.05, 0.1) is 6.61 Å². The summed E-state index contributed by atoms with van der Waals surface area (Å²) in [5, 5.41) is 5.69. The smallest absolute Gasteiger partial charge is 0.319 e. The Morgan fingerprint density at radius 3 is 2.86 bits per heavy atom. The predicted octanol–water partition coefficient (Wildman–Crippen LogP) is 1.97. The Labute approximate surface area is 130 Å². The second-order valence-electron chi connectivity index (χ2n) is 5.53. The minimum absolute atomic E-state index is 0.100. The topological polar surface area (TPSA) is 70.7 Å². The van der Waals surface area contributed by atoms with Gasteiger partial charge in [-0.25, -0.2) is 4.79 Å². The number of nitrogens with one attached hydrogen (secondary N) is 2. The Morgan fingerprint density at radius 2 is 2.18 bits per heavy atom. The summed E-state index contributed by atoms with van der Waals surface area (Å²) in [6.45, 7) is 3.66. The van der Waals surface area contributed by atoms with Crippen molar-refractivity contribution in [3.8, 4) is 0 Å². The van der Waals surface area contributed by atoms with Crippen LogP contribution in [-0.4, -0.2) is 43.1 Å². The van der Waals surface area contributed by atoms with Crippen molar-refractivity contribution in [1.29, 1.82) is 0 Å². The van der Waals surface area contributed by atoms with E-state index in [1.165, 1.54) is 0 Å². The van der Waals surface area contributed by atoms with Crippen LogP contribution in [0.4, 0.5) is 10.5 Å². The van der Waals surface area contributed by atoms with Crippen LogP contribution in [0.15, 0.2) is 24.3 Å². The van der Waals surface area contributed by atoms with Crippen molar-refractivity contribution in [1.82, 2.24) is 10.2 Å². The SMILES string of the molecule is COCc1ccccc1NC(=O)N[C@@H](C)CN1CCCC1=O. The van der Waals surface area contributed by atoms with Crippen molar-refractivity contribution < 1.29 is 14.3 Å². The quantitative estimate of drug-likeness (QED) is 0.844. The number of hydrogen-bond acceptors (Lipinski definition) is 3. The molecule has 120 valence electrons. The van der Waals surface area contributed by atoms with Gasteiger partial charge in [0.25, 0.3) is 0 Å². The molecule has 22 heavy (non-hydrogen) atoms. The van der Waals surface area contributed by atoms with Crippen LogP contribution >= 0.6 is 0 Å². The minimum Gasteiger partial charge on any atom is -0.380 e. The summed E-state index contributed by atoms with van der Waals surface area (Å²) in [5.41, 5.74) is 1.65. The predicted molar refractivity (Wildman–Crippen MR) is 84.6 cm³/mol. The summed E-state index contributed by atoms with van der Waals surface area (Å²) in [6.07, 6.45) is 1.52. The molecular weight excluding hydrogens is 282 g/mol. The number of anilines is 1. The molecule has 1 aromatic rings. The van der Waals surface area contributed by atoms with Gasteiger partial charge in [0.15, 0.2) is 0 Å². The molecular formula is C16H23N3O3. The van der Waals surface area contributed by atoms with E-state index in [2.05, 4.69) is 10.6 Å². The third-order valence-electron chi connectivity index (χ3n) is 3.61. The van der Waals surface area contributed by atoms with Crippen LogP contribution in [0.1, 0.15) is 25.3 Å². The molecule has 1 aliphatic rings. The Bertz CT molecular complexity index is 533. The molecule has 6 heteroatoms. The zero-order valence-corrected chi connectivity index (χ0v) is 13.1. The average molecular weight is 305 g/mol. The lowest BCUT2D eigenvalue weighted by Gasteiger charge is -2.22. The van der Waals surface area contributed by atoms with Gasteiger partial charge in [-0.1, -0.05) is 18.2 Å². The van der Waals surface area contributed by atoms with Gasteiger partial charge in [-0.3, -0.25) is 4.79 Å². The molecule has 6 nitrogen and oxygen atoms in total. The first-order chi connectivity index (χ1) is 10.6. The van der Waals surface area contributed by atoms with E-state index in [1.54, 1.807) is 12.0 Å². The van der Waals surface area contributed by atoms with E-state index in [0.717, 1.165) is 24.2 Å². The summed E-state index contributed by atoms with van der Waals surface area (Å²) < 4.78 is 5.12. The summed E-state index contributed by atoms with van der Waals surface area (Å²) in [5.74, 6) is 0.166. The van der Waals surface area contributed by atoms with Crippen LogP contribution in [0.5, 0.6) is 0 Å². The van der Waals surface area contributed by atoms with Gasteiger partial charge in [-0.2, -0.15) is 0 Å². The normalized spacial score (nSPS) is 15.7. The highest BCUT2D eigenvalue weighted by Gasteiger charge is 2.22. The summed E-state index contributed by atoms with van der Waals surface area (Å²) in [6, 6.07) is 7.13. The number of benzene rings is 1. The molecule has 1 saturated heterocycles. The number of likely N-dealkylation sites (tertiary alicyclic amines) is 1. The van der Waals surface area contributed by atoms with Crippen molar-refractivity contribution in [3.05, 3.63) is 29.8 Å². The maximum atomic E-state index is 12.1. The Morgan fingerprint density at radius 1 is 1.41 bits per heavy atom. The van der Waals surface area contributed by atoms with Crippen molar-refractivity contribution in [2.24, 2.45) is 0 Å². The standard InChI is InChI=1S/C16H23N3O3/c1-12(10-19-9-5-8-15(19)20)17-16(21)18-14-7-4-3-6-13(14)11-22-2/h3-4,6-7,12H,5,8-11H2,1-2H3,(H2,17,18,21)/t12-/m0/s1. The highest BCUT2D eigenvalue weighted by atomic mass is 16.5. The van der Waals surface area contributed by atoms with E-state index in [1.807, 2.05) is 31.2 Å². The first-order valence-electron chi connectivity index (χ1n) is 7.52. The van der Waals surface area contributed by atoms with Crippen molar-refractivity contribution in [2.75, 3.05) is 25.5 Å². The number of urea groups is 1. The molecule has 1 aliphatic heterocycles. The molecule has 0 radical (unpaired) electrons. The van der Waals surface area contributed by atoms with E-state index >= 15 is 0 Å². The number of nitrogens with zero attached hydrogens (tertiary/aromatic N) is 1. The molecule has 1 heterocycles. The van der Waals surface area contributed by atoms with Gasteiger partial charge in [0, 0.05) is 43.9 Å². The summed E-state index contributed by atoms with van der Waals surface area (Å²) >= 11 is 0. The Hall–Kier alpha value is -2.08. The second kappa shape index (κ2) is 7.79. The van der Waals surface area contributed by atoms with E-state index in [0.29, 0.717) is 19.6 Å². The number of carbonyl (C=O) groups is 2. The molecule has 1 fully saturated rings. The first-order valence-corrected chi connectivity index (χ1v) is 7.52. The van der Waals surface area contributed by atoms with Crippen molar-refractivity contribution >= 4 is 17.6 Å². The highest BCUT2D eigenvalue weighted by molar-refractivity contribution is 5.90. The molecule has 1 aromatic carbocycles. The van der Waals surface area contributed by atoms with Crippen LogP contribution in [-0.2, 0) is 16.1 Å². The van der Waals surface area contributed by atoms with Gasteiger partial charge < -0.3 is 20.3 Å². The first kappa shape index (κ1) is 16.3. The summed E-state index contributed by atoms with van der Waals surface area (Å²) in [7, 11) is 1.62. The van der Waals surface area contributed by atoms with Gasteiger partial charge in [-0.05, 0) is 19.4 Å². The number of para-hydroxylation sites is 1. The van der Waals surface area contributed by atoms with Gasteiger partial charge in [0.2, 0.25) is 5.91 Å². The Kier molecular flexibility index (Phi) is 5.77. The largest absolute Gasteiger partial charge is 0.380 e. The molecule has 0 saturated carbocycles. The molecule has 2 N–H and O–H groups in total. The van der Waals surface area contributed by atoms with E-state index in [-0.39, 0.29) is 18.0 Å². The van der Waals surface area contributed by atoms with Gasteiger partial charge in [0.1, 0.15) is 0 Å². The van der Waals surface area contributed by atoms with Crippen LogP contribution < -0.4 is 10.6 Å². The molecule has 2 rings (SSSR count).